The largest absolute Gasteiger partial charge is 0.393 e. The van der Waals surface area contributed by atoms with Crippen LogP contribution in [0.25, 0.3) is 16.6 Å². The number of hydrogen-bond acceptors (Lipinski definition) is 8. The van der Waals surface area contributed by atoms with Gasteiger partial charge in [-0.3, -0.25) is 4.68 Å². The molecule has 1 aliphatic carbocycles. The van der Waals surface area contributed by atoms with Gasteiger partial charge in [0.05, 0.1) is 30.6 Å². The lowest BCUT2D eigenvalue weighted by atomic mass is 9.85. The molecule has 32 heavy (non-hydrogen) atoms. The number of nitrogens with zero attached hydrogens (tertiary/aromatic N) is 5. The topological polar surface area (TPSA) is 124 Å². The highest BCUT2D eigenvalue weighted by Crippen LogP contribution is 2.37. The van der Waals surface area contributed by atoms with E-state index in [4.69, 9.17) is 9.84 Å². The normalized spacial score (nSPS) is 20.5. The smallest absolute Gasteiger partial charge is 0.241 e. The zero-order valence-electron chi connectivity index (χ0n) is 18.6. The van der Waals surface area contributed by atoms with Crippen molar-refractivity contribution < 1.29 is 18.3 Å². The lowest BCUT2D eigenvalue weighted by Gasteiger charge is -2.25. The first kappa shape index (κ1) is 22.7. The number of sulfone groups is 1. The van der Waals surface area contributed by atoms with Crippen LogP contribution in [0.3, 0.4) is 0 Å². The van der Waals surface area contributed by atoms with Gasteiger partial charge in [0.1, 0.15) is 5.88 Å². The summed E-state index contributed by atoms with van der Waals surface area (Å²) in [6, 6.07) is 2.14. The van der Waals surface area contributed by atoms with Gasteiger partial charge in [-0.05, 0) is 38.7 Å². The quantitative estimate of drug-likeness (QED) is 0.521. The molecular weight excluding hydrogens is 432 g/mol. The molecule has 3 heterocycles. The minimum absolute atomic E-state index is 0.0509. The molecule has 0 unspecified atom stereocenters. The van der Waals surface area contributed by atoms with Gasteiger partial charge in [-0.25, -0.2) is 17.9 Å². The summed E-state index contributed by atoms with van der Waals surface area (Å²) in [5.41, 5.74) is 3.60. The molecule has 1 atom stereocenters. The van der Waals surface area contributed by atoms with E-state index in [-0.39, 0.29) is 23.9 Å². The highest BCUT2D eigenvalue weighted by atomic mass is 32.2. The van der Waals surface area contributed by atoms with E-state index in [1.54, 1.807) is 25.7 Å². The Balaban J connectivity index is 1.74. The minimum Gasteiger partial charge on any atom is -0.393 e. The molecule has 11 heteroatoms. The number of ether oxygens (including phenoxy) is 1. The Morgan fingerprint density at radius 3 is 2.72 bits per heavy atom. The summed E-state index contributed by atoms with van der Waals surface area (Å²) in [4.78, 5) is 4.49. The number of methoxy groups -OCH3 is 1. The van der Waals surface area contributed by atoms with Crippen molar-refractivity contribution in [2.75, 3.05) is 25.3 Å². The van der Waals surface area contributed by atoms with Gasteiger partial charge in [0.2, 0.25) is 5.95 Å². The van der Waals surface area contributed by atoms with Gasteiger partial charge in [-0.15, -0.1) is 5.10 Å². The van der Waals surface area contributed by atoms with Crippen molar-refractivity contribution in [1.82, 2.24) is 24.4 Å². The van der Waals surface area contributed by atoms with Gasteiger partial charge < -0.3 is 15.2 Å². The molecular formula is C21H30N6O4S. The molecule has 174 valence electrons. The first-order valence-corrected chi connectivity index (χ1v) is 12.8. The minimum atomic E-state index is -3.20. The molecule has 1 fully saturated rings. The first-order chi connectivity index (χ1) is 15.2. The summed E-state index contributed by atoms with van der Waals surface area (Å²) in [5, 5.41) is 22.2. The molecule has 0 amide bonds. The molecule has 3 aromatic rings. The molecule has 0 aliphatic heterocycles. The Labute approximate surface area is 187 Å². The summed E-state index contributed by atoms with van der Waals surface area (Å²) in [6.07, 6.45) is 9.41. The van der Waals surface area contributed by atoms with E-state index in [0.29, 0.717) is 12.6 Å². The third kappa shape index (κ3) is 5.11. The summed E-state index contributed by atoms with van der Waals surface area (Å²) < 4.78 is 31.8. The summed E-state index contributed by atoms with van der Waals surface area (Å²) >= 11 is 0. The Bertz CT molecular complexity index is 1180. The molecule has 1 saturated carbocycles. The molecule has 0 saturated heterocycles. The van der Waals surface area contributed by atoms with Gasteiger partial charge in [0.25, 0.3) is 0 Å². The van der Waals surface area contributed by atoms with Gasteiger partial charge in [-0.2, -0.15) is 5.10 Å². The lowest BCUT2D eigenvalue weighted by Crippen LogP contribution is -2.23. The third-order valence-electron chi connectivity index (χ3n) is 5.76. The number of aliphatic hydroxyl groups is 1. The van der Waals surface area contributed by atoms with Crippen LogP contribution in [0.4, 0.5) is 5.95 Å². The fourth-order valence-corrected chi connectivity index (χ4v) is 4.92. The predicted molar refractivity (Wildman–Crippen MR) is 121 cm³/mol. The number of fused-ring (bicyclic) bond motifs is 1. The van der Waals surface area contributed by atoms with E-state index < -0.39 is 9.84 Å². The van der Waals surface area contributed by atoms with Crippen molar-refractivity contribution in [2.24, 2.45) is 0 Å². The fourth-order valence-electron chi connectivity index (χ4n) is 4.30. The van der Waals surface area contributed by atoms with Crippen molar-refractivity contribution in [3.8, 4) is 11.1 Å². The fraction of sp³-hybridized carbons (Fsp3) is 0.571. The standard InChI is InChI=1S/C21H30N6O4S/c1-14(12-31-2)24-21-22-10-20-18(16-9-23-26(11-16)13-32(3,29)30)8-19(27(20)25-21)15-4-6-17(28)7-5-15/h8-11,14-15,17,28H,4-7,12-13H2,1-3H3,(H,24,25)/t14-,15?,17?/m0/s1. The maximum atomic E-state index is 11.6. The van der Waals surface area contributed by atoms with Crippen LogP contribution in [0.2, 0.25) is 0 Å². The second-order valence-electron chi connectivity index (χ2n) is 8.69. The lowest BCUT2D eigenvalue weighted by molar-refractivity contribution is 0.121. The van der Waals surface area contributed by atoms with E-state index in [9.17, 15) is 13.5 Å². The summed E-state index contributed by atoms with van der Waals surface area (Å²) in [5.74, 6) is 0.604. The van der Waals surface area contributed by atoms with E-state index in [1.165, 1.54) is 10.9 Å². The molecule has 0 bridgehead atoms. The number of aromatic nitrogens is 5. The van der Waals surface area contributed by atoms with Gasteiger partial charge >= 0.3 is 0 Å². The molecule has 1 aliphatic rings. The number of aliphatic hydroxyl groups excluding tert-OH is 1. The molecule has 3 aromatic heterocycles. The van der Waals surface area contributed by atoms with Crippen molar-refractivity contribution in [3.63, 3.8) is 0 Å². The van der Waals surface area contributed by atoms with Crippen LogP contribution in [-0.4, -0.2) is 70.0 Å². The van der Waals surface area contributed by atoms with Crippen LogP contribution < -0.4 is 5.32 Å². The van der Waals surface area contributed by atoms with E-state index in [0.717, 1.165) is 48.0 Å². The number of nitrogens with one attached hydrogen (secondary N) is 1. The SMILES string of the molecule is COC[C@H](C)Nc1ncc2c(-c3cnn(CS(C)(=O)=O)c3)cc(C3CCC(O)CC3)n2n1. The Morgan fingerprint density at radius 2 is 2.03 bits per heavy atom. The van der Waals surface area contributed by atoms with Crippen molar-refractivity contribution >= 4 is 21.3 Å². The van der Waals surface area contributed by atoms with E-state index in [2.05, 4.69) is 21.5 Å². The van der Waals surface area contributed by atoms with E-state index >= 15 is 0 Å². The molecule has 0 radical (unpaired) electrons. The Hall–Kier alpha value is -2.50. The molecule has 0 spiro atoms. The van der Waals surface area contributed by atoms with Crippen molar-refractivity contribution in [3.05, 3.63) is 30.4 Å². The highest BCUT2D eigenvalue weighted by molar-refractivity contribution is 7.89. The van der Waals surface area contributed by atoms with Gasteiger partial charge in [-0.1, -0.05) is 0 Å². The van der Waals surface area contributed by atoms with Crippen LogP contribution in [0.1, 0.15) is 44.2 Å². The zero-order chi connectivity index (χ0) is 22.9. The number of rotatable bonds is 8. The Morgan fingerprint density at radius 1 is 1.28 bits per heavy atom. The number of hydrogen-bond donors (Lipinski definition) is 2. The zero-order valence-corrected chi connectivity index (χ0v) is 19.4. The van der Waals surface area contributed by atoms with Crippen LogP contribution >= 0.6 is 0 Å². The first-order valence-electron chi connectivity index (χ1n) is 10.8. The Kier molecular flexibility index (Phi) is 6.50. The monoisotopic (exact) mass is 462 g/mol. The van der Waals surface area contributed by atoms with Crippen LogP contribution in [0, 0.1) is 0 Å². The third-order valence-corrected chi connectivity index (χ3v) is 6.50. The average Bonchev–Trinajstić information content (AvgIpc) is 3.31. The summed E-state index contributed by atoms with van der Waals surface area (Å²) in [6.45, 7) is 2.53. The van der Waals surface area contributed by atoms with E-state index in [1.807, 2.05) is 11.4 Å². The van der Waals surface area contributed by atoms with Crippen molar-refractivity contribution in [1.29, 1.82) is 0 Å². The van der Waals surface area contributed by atoms with Crippen LogP contribution in [0.5, 0.6) is 0 Å². The van der Waals surface area contributed by atoms with Crippen LogP contribution in [0.15, 0.2) is 24.7 Å². The highest BCUT2D eigenvalue weighted by Gasteiger charge is 2.26. The molecule has 0 aromatic carbocycles. The maximum Gasteiger partial charge on any atom is 0.241 e. The van der Waals surface area contributed by atoms with Gasteiger partial charge in [0.15, 0.2) is 9.84 Å². The summed E-state index contributed by atoms with van der Waals surface area (Å²) in [7, 11) is -1.55. The second-order valence-corrected chi connectivity index (χ2v) is 10.8. The second kappa shape index (κ2) is 9.16. The molecule has 10 nitrogen and oxygen atoms in total. The maximum absolute atomic E-state index is 11.6. The van der Waals surface area contributed by atoms with Gasteiger partial charge in [0, 0.05) is 48.3 Å². The number of anilines is 1. The molecule has 4 rings (SSSR count). The molecule has 2 N–H and O–H groups in total. The average molecular weight is 463 g/mol. The van der Waals surface area contributed by atoms with Crippen LogP contribution in [-0.2, 0) is 20.5 Å². The predicted octanol–water partition coefficient (Wildman–Crippen LogP) is 2.06. The van der Waals surface area contributed by atoms with Crippen molar-refractivity contribution in [2.45, 2.75) is 56.5 Å².